The van der Waals surface area contributed by atoms with Gasteiger partial charge in [-0.25, -0.2) is 4.79 Å². The minimum atomic E-state index is -0.236. The smallest absolute Gasteiger partial charge is 0.321 e. The van der Waals surface area contributed by atoms with Crippen molar-refractivity contribution in [3.8, 4) is 11.8 Å². The lowest BCUT2D eigenvalue weighted by Gasteiger charge is -2.57. The van der Waals surface area contributed by atoms with Gasteiger partial charge in [0.05, 0.1) is 17.7 Å². The number of anilines is 1. The van der Waals surface area contributed by atoms with Gasteiger partial charge in [0.1, 0.15) is 5.75 Å². The third-order valence-corrected chi connectivity index (χ3v) is 6.71. The quantitative estimate of drug-likeness (QED) is 0.824. The highest BCUT2D eigenvalue weighted by molar-refractivity contribution is 5.89. The Morgan fingerprint density at radius 2 is 2.03 bits per heavy atom. The number of likely N-dealkylation sites (tertiary alicyclic amines) is 1. The van der Waals surface area contributed by atoms with Crippen molar-refractivity contribution in [2.24, 2.45) is 0 Å². The monoisotopic (exact) mass is 390 g/mol. The number of benzene rings is 2. The lowest BCUT2D eigenvalue weighted by atomic mass is 9.61. The molecule has 1 heterocycles. The molecule has 6 heteroatoms. The molecule has 0 saturated carbocycles. The van der Waals surface area contributed by atoms with Crippen LogP contribution in [0, 0.1) is 11.3 Å². The number of rotatable bonds is 2. The number of hydrogen-bond acceptors (Lipinski definition) is 4. The zero-order valence-corrected chi connectivity index (χ0v) is 17.0. The fraction of sp³-hybridized carbons (Fsp3) is 0.391. The van der Waals surface area contributed by atoms with Crippen LogP contribution < -0.4 is 5.32 Å². The first-order valence-corrected chi connectivity index (χ1v) is 9.90. The van der Waals surface area contributed by atoms with Gasteiger partial charge in [0.15, 0.2) is 0 Å². The van der Waals surface area contributed by atoms with Crippen LogP contribution in [0.25, 0.3) is 0 Å². The molecule has 2 aromatic carbocycles. The first-order valence-electron chi connectivity index (χ1n) is 9.90. The molecule has 2 amide bonds. The Morgan fingerprint density at radius 3 is 2.72 bits per heavy atom. The lowest BCUT2D eigenvalue weighted by Crippen LogP contribution is -2.67. The molecule has 1 saturated heterocycles. The van der Waals surface area contributed by atoms with Crippen LogP contribution in [0.15, 0.2) is 42.5 Å². The van der Waals surface area contributed by atoms with E-state index in [0.29, 0.717) is 11.3 Å². The summed E-state index contributed by atoms with van der Waals surface area (Å²) in [5.41, 5.74) is 3.38. The summed E-state index contributed by atoms with van der Waals surface area (Å²) < 4.78 is 0. The Kier molecular flexibility index (Phi) is 4.71. The van der Waals surface area contributed by atoms with Crippen molar-refractivity contribution in [1.29, 1.82) is 5.26 Å². The van der Waals surface area contributed by atoms with E-state index in [1.165, 1.54) is 5.56 Å². The van der Waals surface area contributed by atoms with Gasteiger partial charge in [0.2, 0.25) is 0 Å². The highest BCUT2D eigenvalue weighted by Gasteiger charge is 2.52. The molecule has 150 valence electrons. The van der Waals surface area contributed by atoms with Crippen molar-refractivity contribution >= 4 is 11.7 Å². The molecule has 1 fully saturated rings. The van der Waals surface area contributed by atoms with Gasteiger partial charge in [-0.1, -0.05) is 13.0 Å². The predicted octanol–water partition coefficient (Wildman–Crippen LogP) is 3.31. The van der Waals surface area contributed by atoms with Crippen LogP contribution >= 0.6 is 0 Å². The molecule has 2 N–H and O–H groups in total. The van der Waals surface area contributed by atoms with Crippen LogP contribution in [0.4, 0.5) is 10.5 Å². The Hall–Kier alpha value is -3.04. The second kappa shape index (κ2) is 7.09. The molecule has 2 aliphatic rings. The van der Waals surface area contributed by atoms with Gasteiger partial charge in [-0.05, 0) is 74.0 Å². The molecule has 1 aliphatic heterocycles. The average molecular weight is 390 g/mol. The Balaban J connectivity index is 1.65. The molecule has 2 aromatic rings. The molecule has 1 aliphatic carbocycles. The van der Waals surface area contributed by atoms with E-state index in [4.69, 9.17) is 5.26 Å². The van der Waals surface area contributed by atoms with Gasteiger partial charge in [-0.3, -0.25) is 0 Å². The maximum absolute atomic E-state index is 13.1. The van der Waals surface area contributed by atoms with Gasteiger partial charge in [-0.15, -0.1) is 0 Å². The van der Waals surface area contributed by atoms with Crippen LogP contribution in [-0.4, -0.2) is 53.7 Å². The number of nitrogens with zero attached hydrogens (tertiary/aromatic N) is 3. The van der Waals surface area contributed by atoms with E-state index in [1.54, 1.807) is 30.3 Å². The number of hydrogen-bond donors (Lipinski definition) is 2. The Bertz CT molecular complexity index is 981. The number of phenols is 1. The van der Waals surface area contributed by atoms with Crippen molar-refractivity contribution in [3.63, 3.8) is 0 Å². The molecule has 0 radical (unpaired) electrons. The minimum absolute atomic E-state index is 0.0195. The standard InChI is InChI=1S/C23H26N4O2/c1-23-10-11-26(2)20(12-16-6-9-18(28)13-19(16)23)21(23)27(3)22(29)25-17-7-4-15(14-24)5-8-17/h4-9,13,20-21,28H,10-12H2,1-3H3,(H,25,29)/t20-,21+,23-/m1/s1. The molecule has 0 unspecified atom stereocenters. The maximum atomic E-state index is 13.1. The van der Waals surface area contributed by atoms with E-state index in [-0.39, 0.29) is 29.3 Å². The molecule has 6 nitrogen and oxygen atoms in total. The zero-order valence-electron chi connectivity index (χ0n) is 17.0. The first-order chi connectivity index (χ1) is 13.8. The third kappa shape index (κ3) is 3.22. The number of fused-ring (bicyclic) bond motifs is 4. The molecule has 3 atom stereocenters. The normalized spacial score (nSPS) is 25.6. The van der Waals surface area contributed by atoms with Crippen molar-refractivity contribution in [2.75, 3.05) is 26.0 Å². The fourth-order valence-corrected chi connectivity index (χ4v) is 5.10. The number of urea groups is 1. The number of carbonyl (C=O) groups is 1. The highest BCUT2D eigenvalue weighted by atomic mass is 16.3. The van der Waals surface area contributed by atoms with Gasteiger partial charge < -0.3 is 20.2 Å². The summed E-state index contributed by atoms with van der Waals surface area (Å²) in [4.78, 5) is 17.3. The average Bonchev–Trinajstić information content (AvgIpc) is 2.71. The largest absolute Gasteiger partial charge is 0.508 e. The molecule has 29 heavy (non-hydrogen) atoms. The van der Waals surface area contributed by atoms with Crippen LogP contribution in [-0.2, 0) is 11.8 Å². The Labute approximate surface area is 171 Å². The summed E-state index contributed by atoms with van der Waals surface area (Å²) in [5, 5.41) is 22.0. The second-order valence-corrected chi connectivity index (χ2v) is 8.44. The molecular formula is C23H26N4O2. The highest BCUT2D eigenvalue weighted by Crippen LogP contribution is 2.47. The number of nitriles is 1. The number of aromatic hydroxyl groups is 1. The van der Waals surface area contributed by atoms with Crippen molar-refractivity contribution in [3.05, 3.63) is 59.2 Å². The van der Waals surface area contributed by atoms with E-state index in [9.17, 15) is 9.90 Å². The third-order valence-electron chi connectivity index (χ3n) is 6.71. The van der Waals surface area contributed by atoms with Crippen molar-refractivity contribution in [1.82, 2.24) is 9.80 Å². The number of piperidine rings is 1. The molecule has 2 bridgehead atoms. The van der Waals surface area contributed by atoms with Crippen LogP contribution in [0.1, 0.15) is 30.0 Å². The summed E-state index contributed by atoms with van der Waals surface area (Å²) in [6.07, 6.45) is 1.76. The SMILES string of the molecule is CN1CC[C@]2(C)c3cc(O)ccc3C[C@@H]1[C@@H]2N(C)C(=O)Nc1ccc(C#N)cc1. The summed E-state index contributed by atoms with van der Waals surface area (Å²) in [5.74, 6) is 0.269. The topological polar surface area (TPSA) is 79.6 Å². The number of nitrogens with one attached hydrogen (secondary N) is 1. The second-order valence-electron chi connectivity index (χ2n) is 8.44. The summed E-state index contributed by atoms with van der Waals surface area (Å²) in [6.45, 7) is 3.17. The first kappa shape index (κ1) is 19.3. The van der Waals surface area contributed by atoms with Crippen LogP contribution in [0.5, 0.6) is 5.75 Å². The van der Waals surface area contributed by atoms with E-state index < -0.39 is 0 Å². The maximum Gasteiger partial charge on any atom is 0.321 e. The van der Waals surface area contributed by atoms with Gasteiger partial charge in [0, 0.05) is 24.2 Å². The zero-order chi connectivity index (χ0) is 20.8. The minimum Gasteiger partial charge on any atom is -0.508 e. The van der Waals surface area contributed by atoms with Crippen LogP contribution in [0.3, 0.4) is 0 Å². The lowest BCUT2D eigenvalue weighted by molar-refractivity contribution is 0.0213. The predicted molar refractivity (Wildman–Crippen MR) is 112 cm³/mol. The number of phenolic OH excluding ortho intramolecular Hbond substituents is 1. The van der Waals surface area contributed by atoms with Crippen molar-refractivity contribution < 1.29 is 9.90 Å². The van der Waals surface area contributed by atoms with E-state index in [2.05, 4.69) is 30.3 Å². The molecular weight excluding hydrogens is 364 g/mol. The number of likely N-dealkylation sites (N-methyl/N-ethyl adjacent to an activating group) is 2. The van der Waals surface area contributed by atoms with Gasteiger partial charge in [0.25, 0.3) is 0 Å². The Morgan fingerprint density at radius 1 is 1.31 bits per heavy atom. The number of carbonyl (C=O) groups excluding carboxylic acids is 1. The molecule has 0 spiro atoms. The summed E-state index contributed by atoms with van der Waals surface area (Å²) in [6, 6.07) is 14.6. The summed E-state index contributed by atoms with van der Waals surface area (Å²) in [7, 11) is 3.97. The van der Waals surface area contributed by atoms with Crippen molar-refractivity contribution in [2.45, 2.75) is 37.3 Å². The fourth-order valence-electron chi connectivity index (χ4n) is 5.10. The van der Waals surface area contributed by atoms with E-state index in [1.807, 2.05) is 24.1 Å². The van der Waals surface area contributed by atoms with Gasteiger partial charge in [-0.2, -0.15) is 5.26 Å². The number of amides is 2. The van der Waals surface area contributed by atoms with E-state index >= 15 is 0 Å². The van der Waals surface area contributed by atoms with Gasteiger partial charge >= 0.3 is 6.03 Å². The van der Waals surface area contributed by atoms with Crippen LogP contribution in [0.2, 0.25) is 0 Å². The van der Waals surface area contributed by atoms with E-state index in [0.717, 1.165) is 24.9 Å². The molecule has 4 rings (SSSR count). The molecule has 0 aromatic heterocycles. The summed E-state index contributed by atoms with van der Waals surface area (Å²) >= 11 is 0.